The van der Waals surface area contributed by atoms with Gasteiger partial charge in [0.05, 0.1) is 15.6 Å². The molecular weight excluding hydrogens is 443 g/mol. The number of hydrogen-bond donors (Lipinski definition) is 1. The molecule has 0 aliphatic heterocycles. The Labute approximate surface area is 176 Å². The Hall–Kier alpha value is -3.80. The molecule has 0 bridgehead atoms. The van der Waals surface area contributed by atoms with Gasteiger partial charge in [0, 0.05) is 30.0 Å². The van der Waals surface area contributed by atoms with Crippen LogP contribution in [0.25, 0.3) is 5.82 Å². The van der Waals surface area contributed by atoms with E-state index in [1.54, 1.807) is 0 Å². The minimum absolute atomic E-state index is 0.0616. The van der Waals surface area contributed by atoms with Crippen molar-refractivity contribution in [3.8, 4) is 5.82 Å². The maximum absolute atomic E-state index is 13.2. The van der Waals surface area contributed by atoms with Crippen molar-refractivity contribution < 1.29 is 27.7 Å². The van der Waals surface area contributed by atoms with E-state index in [1.807, 2.05) is 0 Å². The van der Waals surface area contributed by atoms with E-state index >= 15 is 0 Å². The lowest BCUT2D eigenvalue weighted by Gasteiger charge is -2.12. The van der Waals surface area contributed by atoms with Gasteiger partial charge in [-0.25, -0.2) is 9.67 Å². The highest BCUT2D eigenvalue weighted by Gasteiger charge is 2.36. The summed E-state index contributed by atoms with van der Waals surface area (Å²) in [7, 11) is 0. The van der Waals surface area contributed by atoms with E-state index in [-0.39, 0.29) is 39.6 Å². The van der Waals surface area contributed by atoms with Crippen LogP contribution in [0.1, 0.15) is 32.1 Å². The highest BCUT2D eigenvalue weighted by molar-refractivity contribution is 6.32. The van der Waals surface area contributed by atoms with Gasteiger partial charge in [-0.2, -0.15) is 18.3 Å². The molecule has 0 fully saturated rings. The van der Waals surface area contributed by atoms with Crippen LogP contribution >= 0.6 is 11.6 Å². The first-order valence-corrected chi connectivity index (χ1v) is 8.74. The Bertz CT molecular complexity index is 1210. The molecule has 0 saturated carbocycles. The lowest BCUT2D eigenvalue weighted by Crippen LogP contribution is -2.19. The summed E-state index contributed by atoms with van der Waals surface area (Å²) in [6.45, 7) is 1.39. The standard InChI is InChI=1S/C18H11ClF3N5O4/c1-9-5-11(27(30)31)6-10(8-28)15(9)24-17(29)13-7-14(18(20,21)22)25-26(13)16-12(19)3-2-4-23-16/h2-8H,1H3,(H,24,29). The summed E-state index contributed by atoms with van der Waals surface area (Å²) < 4.78 is 40.3. The van der Waals surface area contributed by atoms with Crippen LogP contribution in [0.15, 0.2) is 36.5 Å². The average Bonchev–Trinajstić information content (AvgIpc) is 3.15. The normalized spacial score (nSPS) is 11.3. The number of nitro benzene ring substituents is 1. The number of benzene rings is 1. The van der Waals surface area contributed by atoms with Gasteiger partial charge in [-0.1, -0.05) is 11.6 Å². The molecular formula is C18H11ClF3N5O4. The SMILES string of the molecule is Cc1cc([N+](=O)[O-])cc(C=O)c1NC(=O)c1cc(C(F)(F)F)nn1-c1ncccc1Cl. The summed E-state index contributed by atoms with van der Waals surface area (Å²) in [6, 6.07) is 5.34. The van der Waals surface area contributed by atoms with Gasteiger partial charge in [-0.3, -0.25) is 19.7 Å². The van der Waals surface area contributed by atoms with Crippen molar-refractivity contribution in [3.63, 3.8) is 0 Å². The molecule has 9 nitrogen and oxygen atoms in total. The first kappa shape index (κ1) is 21.9. The molecule has 0 spiro atoms. The molecule has 0 aliphatic carbocycles. The highest BCUT2D eigenvalue weighted by Crippen LogP contribution is 2.31. The van der Waals surface area contributed by atoms with Crippen molar-refractivity contribution in [1.82, 2.24) is 14.8 Å². The Balaban J connectivity index is 2.11. The summed E-state index contributed by atoms with van der Waals surface area (Å²) in [5.74, 6) is -1.29. The summed E-state index contributed by atoms with van der Waals surface area (Å²) in [4.78, 5) is 38.3. The number of aryl methyl sites for hydroxylation is 1. The smallest absolute Gasteiger partial charge is 0.320 e. The first-order chi connectivity index (χ1) is 14.5. The number of aromatic nitrogens is 3. The second kappa shape index (κ2) is 8.14. The zero-order valence-electron chi connectivity index (χ0n) is 15.5. The topological polar surface area (TPSA) is 120 Å². The molecule has 1 amide bonds. The minimum Gasteiger partial charge on any atom is -0.320 e. The second-order valence-corrected chi connectivity index (χ2v) is 6.60. The Morgan fingerprint density at radius 2 is 2.03 bits per heavy atom. The van der Waals surface area contributed by atoms with Gasteiger partial charge in [-0.05, 0) is 24.6 Å². The van der Waals surface area contributed by atoms with Gasteiger partial charge in [0.25, 0.3) is 11.6 Å². The molecule has 160 valence electrons. The fourth-order valence-electron chi connectivity index (χ4n) is 2.72. The predicted molar refractivity (Wildman–Crippen MR) is 103 cm³/mol. The van der Waals surface area contributed by atoms with E-state index < -0.39 is 28.4 Å². The second-order valence-electron chi connectivity index (χ2n) is 6.19. The van der Waals surface area contributed by atoms with Crippen LogP contribution < -0.4 is 5.32 Å². The number of nitrogens with one attached hydrogen (secondary N) is 1. The lowest BCUT2D eigenvalue weighted by molar-refractivity contribution is -0.384. The molecule has 0 saturated heterocycles. The monoisotopic (exact) mass is 453 g/mol. The number of alkyl halides is 3. The molecule has 0 unspecified atom stereocenters. The fraction of sp³-hybridized carbons (Fsp3) is 0.111. The van der Waals surface area contributed by atoms with Crippen molar-refractivity contribution in [2.24, 2.45) is 0 Å². The highest BCUT2D eigenvalue weighted by atomic mass is 35.5. The van der Waals surface area contributed by atoms with E-state index in [4.69, 9.17) is 11.6 Å². The third-order valence-electron chi connectivity index (χ3n) is 4.10. The van der Waals surface area contributed by atoms with Crippen LogP contribution in [0, 0.1) is 17.0 Å². The number of anilines is 1. The van der Waals surface area contributed by atoms with Crippen LogP contribution in [-0.4, -0.2) is 31.9 Å². The van der Waals surface area contributed by atoms with Gasteiger partial charge >= 0.3 is 6.18 Å². The average molecular weight is 454 g/mol. The fourth-order valence-corrected chi connectivity index (χ4v) is 2.92. The number of pyridine rings is 1. The molecule has 1 N–H and O–H groups in total. The van der Waals surface area contributed by atoms with Crippen LogP contribution in [0.4, 0.5) is 24.5 Å². The number of nitro groups is 1. The molecule has 13 heteroatoms. The molecule has 3 rings (SSSR count). The summed E-state index contributed by atoms with van der Waals surface area (Å²) in [5, 5.41) is 16.6. The van der Waals surface area contributed by atoms with Crippen LogP contribution in [0.3, 0.4) is 0 Å². The third-order valence-corrected chi connectivity index (χ3v) is 4.39. The van der Waals surface area contributed by atoms with Gasteiger partial charge in [0.1, 0.15) is 5.69 Å². The summed E-state index contributed by atoms with van der Waals surface area (Å²) >= 11 is 5.99. The molecule has 2 aromatic heterocycles. The number of hydrogen-bond acceptors (Lipinski definition) is 6. The van der Waals surface area contributed by atoms with Gasteiger partial charge in [0.15, 0.2) is 17.8 Å². The van der Waals surface area contributed by atoms with E-state index in [1.165, 1.54) is 25.3 Å². The number of aldehydes is 1. The van der Waals surface area contributed by atoms with Crippen molar-refractivity contribution in [3.05, 3.63) is 74.2 Å². The maximum Gasteiger partial charge on any atom is 0.435 e. The quantitative estimate of drug-likeness (QED) is 0.351. The maximum atomic E-state index is 13.2. The molecule has 1 aromatic carbocycles. The number of halogens is 4. The van der Waals surface area contributed by atoms with Gasteiger partial charge in [0.2, 0.25) is 0 Å². The van der Waals surface area contributed by atoms with Crippen LogP contribution in [-0.2, 0) is 6.18 Å². The Kier molecular flexibility index (Phi) is 5.75. The first-order valence-electron chi connectivity index (χ1n) is 8.36. The van der Waals surface area contributed by atoms with Crippen molar-refractivity contribution in [2.75, 3.05) is 5.32 Å². The van der Waals surface area contributed by atoms with Crippen molar-refractivity contribution in [2.45, 2.75) is 13.1 Å². The predicted octanol–water partition coefficient (Wildman–Crippen LogP) is 4.22. The molecule has 0 radical (unpaired) electrons. The zero-order chi connectivity index (χ0) is 22.9. The Morgan fingerprint density at radius 1 is 1.32 bits per heavy atom. The van der Waals surface area contributed by atoms with Gasteiger partial charge in [-0.15, -0.1) is 0 Å². The van der Waals surface area contributed by atoms with Crippen LogP contribution in [0.5, 0.6) is 0 Å². The van der Waals surface area contributed by atoms with Crippen molar-refractivity contribution >= 4 is 35.2 Å². The minimum atomic E-state index is -4.86. The Morgan fingerprint density at radius 3 is 2.61 bits per heavy atom. The number of non-ortho nitro benzene ring substituents is 1. The summed E-state index contributed by atoms with van der Waals surface area (Å²) in [6.07, 6.45) is -3.33. The number of nitrogens with zero attached hydrogens (tertiary/aromatic N) is 4. The number of carbonyl (C=O) groups excluding carboxylic acids is 2. The van der Waals surface area contributed by atoms with Gasteiger partial charge < -0.3 is 5.32 Å². The summed E-state index contributed by atoms with van der Waals surface area (Å²) in [5.41, 5.74) is -2.49. The molecule has 2 heterocycles. The van der Waals surface area contributed by atoms with Crippen molar-refractivity contribution in [1.29, 1.82) is 0 Å². The molecule has 3 aromatic rings. The molecule has 0 aliphatic rings. The lowest BCUT2D eigenvalue weighted by atomic mass is 10.1. The number of rotatable bonds is 5. The number of carbonyl (C=O) groups is 2. The molecule has 31 heavy (non-hydrogen) atoms. The zero-order valence-corrected chi connectivity index (χ0v) is 16.2. The molecule has 0 atom stereocenters. The largest absolute Gasteiger partial charge is 0.435 e. The number of amides is 1. The van der Waals surface area contributed by atoms with Crippen LogP contribution in [0.2, 0.25) is 5.02 Å². The van der Waals surface area contributed by atoms with E-state index in [2.05, 4.69) is 15.4 Å². The van der Waals surface area contributed by atoms with E-state index in [0.29, 0.717) is 10.7 Å². The van der Waals surface area contributed by atoms with E-state index in [0.717, 1.165) is 12.1 Å². The van der Waals surface area contributed by atoms with E-state index in [9.17, 15) is 32.9 Å². The third kappa shape index (κ3) is 4.38.